The van der Waals surface area contributed by atoms with Crippen LogP contribution < -0.4 is 0 Å². The van der Waals surface area contributed by atoms with Crippen LogP contribution >= 0.6 is 7.60 Å². The normalized spacial score (nSPS) is 13.6. The van der Waals surface area contributed by atoms with Gasteiger partial charge in [-0.05, 0) is 26.0 Å². The molecule has 20 heavy (non-hydrogen) atoms. The molecule has 0 spiro atoms. The molecule has 0 saturated heterocycles. The lowest BCUT2D eigenvalue weighted by atomic mass is 10.2. The number of para-hydroxylation sites is 1. The summed E-state index contributed by atoms with van der Waals surface area (Å²) in [6.07, 6.45) is 1.37. The van der Waals surface area contributed by atoms with Gasteiger partial charge in [0.25, 0.3) is 0 Å². The lowest BCUT2D eigenvalue weighted by Gasteiger charge is -2.20. The van der Waals surface area contributed by atoms with E-state index in [-0.39, 0.29) is 18.8 Å². The molecule has 0 amide bonds. The Bertz CT molecular complexity index is 625. The van der Waals surface area contributed by atoms with Crippen molar-refractivity contribution in [2.45, 2.75) is 19.8 Å². The van der Waals surface area contributed by atoms with Crippen molar-refractivity contribution in [3.8, 4) is 0 Å². The van der Waals surface area contributed by atoms with Gasteiger partial charge in [0.1, 0.15) is 0 Å². The summed E-state index contributed by atoms with van der Waals surface area (Å²) in [5, 5.41) is 0.784. The van der Waals surface area contributed by atoms with E-state index in [1.807, 2.05) is 24.3 Å². The topological polar surface area (TPSA) is 48.4 Å². The number of aromatic nitrogens is 1. The quantitative estimate of drug-likeness (QED) is 0.738. The van der Waals surface area contributed by atoms with E-state index in [2.05, 4.69) is 4.98 Å². The molecule has 1 aromatic carbocycles. The molecule has 0 bridgehead atoms. The summed E-state index contributed by atoms with van der Waals surface area (Å²) in [7, 11) is -3.82. The zero-order valence-electron chi connectivity index (χ0n) is 11.5. The number of nitrogens with zero attached hydrogens (tertiary/aromatic N) is 1. The molecule has 0 aliphatic rings. The first-order valence-corrected chi connectivity index (χ1v) is 8.09. The lowest BCUT2D eigenvalue weighted by Crippen LogP contribution is -2.03. The van der Waals surface area contributed by atoms with Gasteiger partial charge in [-0.2, -0.15) is 0 Å². The van der Waals surface area contributed by atoms with Gasteiger partial charge < -0.3 is 9.05 Å². The van der Waals surface area contributed by atoms with E-state index in [0.717, 1.165) is 10.9 Å². The van der Waals surface area contributed by atoms with Crippen LogP contribution in [0.3, 0.4) is 0 Å². The fourth-order valence-corrected chi connectivity index (χ4v) is 3.49. The summed E-state index contributed by atoms with van der Waals surface area (Å²) in [6, 6.07) is 8.97. The first-order chi connectivity index (χ1) is 9.60. The van der Waals surface area contributed by atoms with Crippen molar-refractivity contribution in [3.05, 3.63) is 42.1 Å². The van der Waals surface area contributed by atoms with Crippen LogP contribution in [-0.2, 0) is 13.6 Å². The Morgan fingerprint density at radius 2 is 1.90 bits per heavy atom. The van der Waals surface area contributed by atoms with E-state index in [1.165, 1.54) is 6.20 Å². The number of halogens is 1. The third kappa shape index (κ3) is 3.06. The molecule has 0 fully saturated rings. The standard InChI is InChI=1S/C14H17FNO3P/c1-3-18-20(17,19-4-2)14(15)12-9-11-7-5-6-8-13(11)16-10-12/h5-10,14H,3-4H2,1-2H3/t14-/m1/s1. The Morgan fingerprint density at radius 3 is 2.55 bits per heavy atom. The second kappa shape index (κ2) is 6.44. The molecule has 2 aromatic rings. The van der Waals surface area contributed by atoms with Crippen molar-refractivity contribution < 1.29 is 18.0 Å². The highest BCUT2D eigenvalue weighted by atomic mass is 31.2. The van der Waals surface area contributed by atoms with Crippen LogP contribution in [0, 0.1) is 0 Å². The molecule has 2 rings (SSSR count). The summed E-state index contributed by atoms with van der Waals surface area (Å²) in [6.45, 7) is 3.55. The average Bonchev–Trinajstić information content (AvgIpc) is 2.46. The summed E-state index contributed by atoms with van der Waals surface area (Å²) in [5.74, 6) is -1.83. The first-order valence-electron chi connectivity index (χ1n) is 6.48. The second-order valence-corrected chi connectivity index (χ2v) is 6.22. The van der Waals surface area contributed by atoms with E-state index >= 15 is 0 Å². The molecular formula is C14H17FNO3P. The van der Waals surface area contributed by atoms with Crippen LogP contribution in [0.1, 0.15) is 25.3 Å². The molecule has 0 unspecified atom stereocenters. The third-order valence-electron chi connectivity index (χ3n) is 2.78. The lowest BCUT2D eigenvalue weighted by molar-refractivity contribution is 0.190. The number of fused-ring (bicyclic) bond motifs is 1. The molecule has 4 nitrogen and oxygen atoms in total. The van der Waals surface area contributed by atoms with Crippen molar-refractivity contribution >= 4 is 18.5 Å². The smallest absolute Gasteiger partial charge is 0.307 e. The molecule has 0 aliphatic carbocycles. The Labute approximate surface area is 117 Å². The predicted octanol–water partition coefficient (Wildman–Crippen LogP) is 4.47. The minimum absolute atomic E-state index is 0.124. The monoisotopic (exact) mass is 297 g/mol. The summed E-state index contributed by atoms with van der Waals surface area (Å²) in [5.41, 5.74) is 0.958. The maximum absolute atomic E-state index is 14.5. The van der Waals surface area contributed by atoms with Crippen molar-refractivity contribution in [2.24, 2.45) is 0 Å². The van der Waals surface area contributed by atoms with Gasteiger partial charge in [0.15, 0.2) is 0 Å². The number of alkyl halides is 1. The maximum atomic E-state index is 14.5. The predicted molar refractivity (Wildman–Crippen MR) is 76.5 cm³/mol. The second-order valence-electron chi connectivity index (χ2n) is 4.17. The van der Waals surface area contributed by atoms with Crippen molar-refractivity contribution in [1.82, 2.24) is 4.98 Å². The molecule has 6 heteroatoms. The minimum Gasteiger partial charge on any atom is -0.307 e. The van der Waals surface area contributed by atoms with Gasteiger partial charge in [-0.1, -0.05) is 18.2 Å². The fourth-order valence-electron chi connectivity index (χ4n) is 1.93. The van der Waals surface area contributed by atoms with Crippen LogP contribution in [0.25, 0.3) is 10.9 Å². The summed E-state index contributed by atoms with van der Waals surface area (Å²) < 4.78 is 37.0. The van der Waals surface area contributed by atoms with E-state index in [9.17, 15) is 8.96 Å². The fraction of sp³-hybridized carbons (Fsp3) is 0.357. The molecule has 1 aromatic heterocycles. The molecular weight excluding hydrogens is 280 g/mol. The number of hydrogen-bond acceptors (Lipinski definition) is 4. The molecule has 1 heterocycles. The molecule has 0 radical (unpaired) electrons. The Hall–Kier alpha value is -1.29. The zero-order chi connectivity index (χ0) is 14.6. The number of benzene rings is 1. The Kier molecular flexibility index (Phi) is 4.86. The van der Waals surface area contributed by atoms with Crippen molar-refractivity contribution in [1.29, 1.82) is 0 Å². The molecule has 1 atom stereocenters. The van der Waals surface area contributed by atoms with Crippen LogP contribution in [0.4, 0.5) is 4.39 Å². The maximum Gasteiger partial charge on any atom is 0.369 e. The average molecular weight is 297 g/mol. The van der Waals surface area contributed by atoms with E-state index in [4.69, 9.17) is 9.05 Å². The van der Waals surface area contributed by atoms with E-state index in [1.54, 1.807) is 19.9 Å². The Morgan fingerprint density at radius 1 is 1.25 bits per heavy atom. The number of pyridine rings is 1. The van der Waals surface area contributed by atoms with Crippen molar-refractivity contribution in [2.75, 3.05) is 13.2 Å². The van der Waals surface area contributed by atoms with Crippen LogP contribution in [-0.4, -0.2) is 18.2 Å². The van der Waals surface area contributed by atoms with Crippen LogP contribution in [0.2, 0.25) is 0 Å². The van der Waals surface area contributed by atoms with Crippen LogP contribution in [0.15, 0.2) is 36.5 Å². The number of hydrogen-bond donors (Lipinski definition) is 0. The van der Waals surface area contributed by atoms with Gasteiger partial charge in [0.2, 0.25) is 5.91 Å². The largest absolute Gasteiger partial charge is 0.369 e. The van der Waals surface area contributed by atoms with Crippen molar-refractivity contribution in [3.63, 3.8) is 0 Å². The molecule has 0 N–H and O–H groups in total. The molecule has 0 aliphatic heterocycles. The summed E-state index contributed by atoms with van der Waals surface area (Å²) >= 11 is 0. The molecule has 0 saturated carbocycles. The SMILES string of the molecule is CCOP(=O)(OCC)[C@@H](F)c1cnc2ccccc2c1. The van der Waals surface area contributed by atoms with Crippen LogP contribution in [0.5, 0.6) is 0 Å². The zero-order valence-corrected chi connectivity index (χ0v) is 12.3. The third-order valence-corrected chi connectivity index (χ3v) is 4.87. The highest BCUT2D eigenvalue weighted by molar-refractivity contribution is 7.54. The highest BCUT2D eigenvalue weighted by Crippen LogP contribution is 2.61. The van der Waals surface area contributed by atoms with E-state index in [0.29, 0.717) is 0 Å². The van der Waals surface area contributed by atoms with Gasteiger partial charge in [0, 0.05) is 17.1 Å². The number of rotatable bonds is 6. The van der Waals surface area contributed by atoms with Gasteiger partial charge in [-0.3, -0.25) is 9.55 Å². The highest BCUT2D eigenvalue weighted by Gasteiger charge is 2.37. The van der Waals surface area contributed by atoms with E-state index < -0.39 is 13.5 Å². The van der Waals surface area contributed by atoms with Gasteiger partial charge in [-0.25, -0.2) is 4.39 Å². The summed E-state index contributed by atoms with van der Waals surface area (Å²) in [4.78, 5) is 4.16. The molecule has 108 valence electrons. The minimum atomic E-state index is -3.82. The first kappa shape index (κ1) is 15.1. The van der Waals surface area contributed by atoms with Gasteiger partial charge in [-0.15, -0.1) is 0 Å². The van der Waals surface area contributed by atoms with Gasteiger partial charge >= 0.3 is 7.60 Å². The van der Waals surface area contributed by atoms with Gasteiger partial charge in [0.05, 0.1) is 18.7 Å². The Balaban J connectivity index is 2.38.